The molecular weight excluding hydrogens is 394 g/mol. The second-order valence-corrected chi connectivity index (χ2v) is 7.92. The summed E-state index contributed by atoms with van der Waals surface area (Å²) in [5.74, 6) is -0.103. The van der Waals surface area contributed by atoms with Crippen molar-refractivity contribution in [3.63, 3.8) is 0 Å². The van der Waals surface area contributed by atoms with Crippen LogP contribution in [0.2, 0.25) is 0 Å². The van der Waals surface area contributed by atoms with Crippen molar-refractivity contribution in [2.75, 3.05) is 4.90 Å². The van der Waals surface area contributed by atoms with Crippen LogP contribution in [-0.2, 0) is 11.3 Å². The molecule has 0 spiro atoms. The van der Waals surface area contributed by atoms with E-state index in [1.165, 1.54) is 16.4 Å². The molecule has 0 fully saturated rings. The molecule has 32 heavy (non-hydrogen) atoms. The van der Waals surface area contributed by atoms with Crippen molar-refractivity contribution in [1.82, 2.24) is 4.57 Å². The Morgan fingerprint density at radius 2 is 1.47 bits per heavy atom. The average molecular weight is 415 g/mol. The lowest BCUT2D eigenvalue weighted by Gasteiger charge is -2.16. The van der Waals surface area contributed by atoms with Gasteiger partial charge in [-0.15, -0.1) is 0 Å². The number of rotatable bonds is 3. The number of aromatic nitrogens is 1. The molecule has 1 amide bonds. The van der Waals surface area contributed by atoms with Gasteiger partial charge in [-0.25, -0.2) is 4.99 Å². The predicted molar refractivity (Wildman–Crippen MR) is 131 cm³/mol. The number of fused-ring (bicyclic) bond motifs is 4. The summed E-state index contributed by atoms with van der Waals surface area (Å²) >= 11 is 0. The molecule has 0 radical (unpaired) electrons. The van der Waals surface area contributed by atoms with Crippen LogP contribution in [0.25, 0.3) is 21.8 Å². The van der Waals surface area contributed by atoms with E-state index in [9.17, 15) is 4.79 Å². The summed E-state index contributed by atoms with van der Waals surface area (Å²) in [7, 11) is 0. The highest BCUT2D eigenvalue weighted by atomic mass is 16.2. The second-order valence-electron chi connectivity index (χ2n) is 7.92. The van der Waals surface area contributed by atoms with Gasteiger partial charge in [0.25, 0.3) is 5.91 Å². The van der Waals surface area contributed by atoms with Crippen LogP contribution in [0, 0.1) is 0 Å². The van der Waals surface area contributed by atoms with Gasteiger partial charge in [-0.1, -0.05) is 54.6 Å². The Balaban J connectivity index is 1.52. The summed E-state index contributed by atoms with van der Waals surface area (Å²) in [6, 6.07) is 32.2. The first-order valence-corrected chi connectivity index (χ1v) is 10.8. The molecule has 4 nitrogen and oxygen atoms in total. The third-order valence-corrected chi connectivity index (χ3v) is 6.13. The van der Waals surface area contributed by atoms with E-state index in [1.54, 1.807) is 4.90 Å². The number of aryl methyl sites for hydroxylation is 1. The SMILES string of the molecule is CCn1c2ccccc2c2cc(/N=C3\C(=O)N(c4ccccc4)c4ccccc43)ccc21. The van der Waals surface area contributed by atoms with Crippen LogP contribution in [0.3, 0.4) is 0 Å². The van der Waals surface area contributed by atoms with Gasteiger partial charge in [-0.3, -0.25) is 9.69 Å². The highest BCUT2D eigenvalue weighted by Gasteiger charge is 2.34. The molecule has 5 aromatic rings. The minimum absolute atomic E-state index is 0.103. The molecule has 0 atom stereocenters. The van der Waals surface area contributed by atoms with Crippen LogP contribution in [0.4, 0.5) is 17.1 Å². The zero-order valence-electron chi connectivity index (χ0n) is 17.7. The van der Waals surface area contributed by atoms with Gasteiger partial charge >= 0.3 is 0 Å². The van der Waals surface area contributed by atoms with E-state index in [2.05, 4.69) is 47.9 Å². The first-order valence-electron chi connectivity index (χ1n) is 10.8. The highest BCUT2D eigenvalue weighted by molar-refractivity contribution is 6.56. The fourth-order valence-electron chi connectivity index (χ4n) is 4.72. The average Bonchev–Trinajstić information content (AvgIpc) is 3.31. The number of nitrogens with zero attached hydrogens (tertiary/aromatic N) is 3. The van der Waals surface area contributed by atoms with E-state index in [-0.39, 0.29) is 5.91 Å². The van der Waals surface area contributed by atoms with Gasteiger partial charge in [0, 0.05) is 39.6 Å². The van der Waals surface area contributed by atoms with Gasteiger partial charge in [0.2, 0.25) is 0 Å². The van der Waals surface area contributed by atoms with Gasteiger partial charge < -0.3 is 4.57 Å². The fraction of sp³-hybridized carbons (Fsp3) is 0.0714. The van der Waals surface area contributed by atoms with Crippen LogP contribution >= 0.6 is 0 Å². The van der Waals surface area contributed by atoms with Crippen molar-refractivity contribution < 1.29 is 4.79 Å². The Morgan fingerprint density at radius 1 is 0.750 bits per heavy atom. The lowest BCUT2D eigenvalue weighted by molar-refractivity contribution is -0.111. The van der Waals surface area contributed by atoms with Crippen molar-refractivity contribution in [2.45, 2.75) is 13.5 Å². The third-order valence-electron chi connectivity index (χ3n) is 6.13. The Kier molecular flexibility index (Phi) is 4.18. The normalized spacial score (nSPS) is 14.6. The third kappa shape index (κ3) is 2.70. The number of amides is 1. The molecule has 1 aliphatic rings. The molecule has 4 heteroatoms. The zero-order chi connectivity index (χ0) is 21.7. The molecule has 0 aliphatic carbocycles. The van der Waals surface area contributed by atoms with Crippen molar-refractivity contribution in [1.29, 1.82) is 0 Å². The maximum atomic E-state index is 13.5. The molecule has 2 heterocycles. The maximum absolute atomic E-state index is 13.5. The second kappa shape index (κ2) is 7.20. The quantitative estimate of drug-likeness (QED) is 0.326. The van der Waals surface area contributed by atoms with Crippen molar-refractivity contribution >= 4 is 50.5 Å². The Labute approximate surface area is 186 Å². The largest absolute Gasteiger partial charge is 0.341 e. The highest BCUT2D eigenvalue weighted by Crippen LogP contribution is 2.37. The molecule has 1 aliphatic heterocycles. The number of carbonyl (C=O) groups excluding carboxylic acids is 1. The van der Waals surface area contributed by atoms with Crippen molar-refractivity contribution in [2.24, 2.45) is 4.99 Å². The number of hydrogen-bond acceptors (Lipinski definition) is 2. The summed E-state index contributed by atoms with van der Waals surface area (Å²) in [4.78, 5) is 20.1. The van der Waals surface area contributed by atoms with Crippen LogP contribution in [0.1, 0.15) is 12.5 Å². The molecule has 4 aromatic carbocycles. The first-order chi connectivity index (χ1) is 15.8. The first kappa shape index (κ1) is 18.6. The van der Waals surface area contributed by atoms with Gasteiger partial charge in [-0.05, 0) is 49.4 Å². The lowest BCUT2D eigenvalue weighted by Crippen LogP contribution is -2.25. The number of carbonyl (C=O) groups is 1. The van der Waals surface area contributed by atoms with Crippen LogP contribution < -0.4 is 4.90 Å². The topological polar surface area (TPSA) is 37.6 Å². The van der Waals surface area contributed by atoms with Gasteiger partial charge in [0.15, 0.2) is 0 Å². The predicted octanol–water partition coefficient (Wildman–Crippen LogP) is 6.61. The van der Waals surface area contributed by atoms with E-state index >= 15 is 0 Å². The number of aliphatic imine (C=N–C) groups is 1. The van der Waals surface area contributed by atoms with Gasteiger partial charge in [-0.2, -0.15) is 0 Å². The molecule has 6 rings (SSSR count). The summed E-state index contributed by atoms with van der Waals surface area (Å²) in [5, 5.41) is 2.36. The van der Waals surface area contributed by atoms with Crippen LogP contribution in [0.15, 0.2) is 102 Å². The maximum Gasteiger partial charge on any atom is 0.282 e. The van der Waals surface area contributed by atoms with E-state index in [0.29, 0.717) is 5.71 Å². The molecule has 1 aromatic heterocycles. The van der Waals surface area contributed by atoms with E-state index in [4.69, 9.17) is 4.99 Å². The standard InChI is InChI=1S/C28H21N3O/c1-2-30-24-14-8-6-12-21(24)23-18-19(16-17-25(23)30)29-27-22-13-7-9-15-26(22)31(28(27)32)20-10-4-3-5-11-20/h3-18H,2H2,1H3/b29-27-. The minimum Gasteiger partial charge on any atom is -0.341 e. The van der Waals surface area contributed by atoms with Crippen molar-refractivity contribution in [3.05, 3.63) is 103 Å². The van der Waals surface area contributed by atoms with Crippen LogP contribution in [-0.4, -0.2) is 16.2 Å². The molecule has 0 bridgehead atoms. The summed E-state index contributed by atoms with van der Waals surface area (Å²) in [5.41, 5.74) is 6.22. The Morgan fingerprint density at radius 3 is 2.31 bits per heavy atom. The van der Waals surface area contributed by atoms with E-state index < -0.39 is 0 Å². The Bertz CT molecular complexity index is 1530. The monoisotopic (exact) mass is 415 g/mol. The van der Waals surface area contributed by atoms with Gasteiger partial charge in [0.05, 0.1) is 11.4 Å². The summed E-state index contributed by atoms with van der Waals surface area (Å²) < 4.78 is 2.31. The molecule has 0 saturated heterocycles. The summed E-state index contributed by atoms with van der Waals surface area (Å²) in [6.45, 7) is 3.06. The zero-order valence-corrected chi connectivity index (χ0v) is 17.7. The number of benzene rings is 4. The minimum atomic E-state index is -0.103. The molecule has 154 valence electrons. The van der Waals surface area contributed by atoms with Crippen molar-refractivity contribution in [3.8, 4) is 0 Å². The smallest absolute Gasteiger partial charge is 0.282 e. The molecule has 0 saturated carbocycles. The van der Waals surface area contributed by atoms with E-state index in [1.807, 2.05) is 60.7 Å². The molecule has 0 unspecified atom stereocenters. The fourth-order valence-corrected chi connectivity index (χ4v) is 4.72. The number of para-hydroxylation sites is 3. The summed E-state index contributed by atoms with van der Waals surface area (Å²) in [6.07, 6.45) is 0. The Hall–Kier alpha value is -4.18. The molecular formula is C28H21N3O. The number of anilines is 2. The van der Waals surface area contributed by atoms with Gasteiger partial charge in [0.1, 0.15) is 5.71 Å². The number of hydrogen-bond donors (Lipinski definition) is 0. The lowest BCUT2D eigenvalue weighted by atomic mass is 10.1. The van der Waals surface area contributed by atoms with Crippen LogP contribution in [0.5, 0.6) is 0 Å². The molecule has 0 N–H and O–H groups in total. The van der Waals surface area contributed by atoms with E-state index in [0.717, 1.165) is 34.6 Å².